The lowest BCUT2D eigenvalue weighted by atomic mass is 9.88. The molecule has 3 aromatic carbocycles. The maximum Gasteiger partial charge on any atom is 0.204 e. The molecule has 170 valence electrons. The molecule has 0 aromatic heterocycles. The number of aryl methyl sites for hydroxylation is 2. The van der Waals surface area contributed by atoms with Gasteiger partial charge in [-0.2, -0.15) is 0 Å². The Balaban J connectivity index is 1.92. The average molecular weight is 462 g/mol. The molecule has 3 aromatic rings. The van der Waals surface area contributed by atoms with Crippen LogP contribution < -0.4 is 10.5 Å². The Morgan fingerprint density at radius 2 is 1.45 bits per heavy atom. The van der Waals surface area contributed by atoms with Crippen LogP contribution in [0.25, 0.3) is 11.1 Å². The van der Waals surface area contributed by atoms with E-state index in [2.05, 4.69) is 0 Å². The number of nitrogens with two attached hydrogens (primary N) is 1. The summed E-state index contributed by atoms with van der Waals surface area (Å²) in [6.07, 6.45) is 1.21. The van der Waals surface area contributed by atoms with Crippen LogP contribution in [0.1, 0.15) is 29.2 Å². The zero-order chi connectivity index (χ0) is 24.0. The zero-order valence-corrected chi connectivity index (χ0v) is 20.2. The van der Waals surface area contributed by atoms with Crippen molar-refractivity contribution in [2.75, 3.05) is 13.4 Å². The molecule has 7 heteroatoms. The largest absolute Gasteiger partial charge is 0.496 e. The molecule has 0 aliphatic carbocycles. The molecule has 2 N–H and O–H groups in total. The highest BCUT2D eigenvalue weighted by atomic mass is 32.2. The van der Waals surface area contributed by atoms with E-state index < -0.39 is 15.5 Å². The molecule has 0 saturated carbocycles. The van der Waals surface area contributed by atoms with Gasteiger partial charge in [0.1, 0.15) is 11.6 Å². The Morgan fingerprint density at radius 3 is 2.00 bits per heavy atom. The summed E-state index contributed by atoms with van der Waals surface area (Å²) in [5.74, 6) is 1.22. The molecule has 0 saturated heterocycles. The Kier molecular flexibility index (Phi) is 5.62. The number of aliphatic imine (C=N–C) groups is 2. The topological polar surface area (TPSA) is 94.1 Å². The van der Waals surface area contributed by atoms with Crippen molar-refractivity contribution in [2.45, 2.75) is 31.3 Å². The van der Waals surface area contributed by atoms with Crippen LogP contribution in [0.2, 0.25) is 0 Å². The minimum atomic E-state index is -3.32. The van der Waals surface area contributed by atoms with E-state index in [4.69, 9.17) is 20.5 Å². The Bertz CT molecular complexity index is 1380. The van der Waals surface area contributed by atoms with Gasteiger partial charge < -0.3 is 10.5 Å². The van der Waals surface area contributed by atoms with Gasteiger partial charge in [0.2, 0.25) is 5.66 Å². The van der Waals surface area contributed by atoms with E-state index in [0.717, 1.165) is 39.1 Å². The number of benzene rings is 3. The first kappa shape index (κ1) is 22.7. The third-order valence-corrected chi connectivity index (χ3v) is 7.02. The molecule has 1 aliphatic rings. The normalized spacial score (nSPS) is 18.1. The Hall–Kier alpha value is -3.45. The monoisotopic (exact) mass is 461 g/mol. The molecular weight excluding hydrogens is 434 g/mol. The first-order valence-corrected chi connectivity index (χ1v) is 12.4. The van der Waals surface area contributed by atoms with E-state index in [9.17, 15) is 8.42 Å². The maximum atomic E-state index is 12.1. The fourth-order valence-electron chi connectivity index (χ4n) is 4.30. The number of hydrogen-bond donors (Lipinski definition) is 1. The van der Waals surface area contributed by atoms with Crippen molar-refractivity contribution >= 4 is 21.4 Å². The summed E-state index contributed by atoms with van der Waals surface area (Å²) in [4.78, 5) is 10.0. The third kappa shape index (κ3) is 4.04. The van der Waals surface area contributed by atoms with Gasteiger partial charge in [-0.15, -0.1) is 0 Å². The molecule has 0 amide bonds. The second kappa shape index (κ2) is 8.15. The van der Waals surface area contributed by atoms with Crippen molar-refractivity contribution in [3.63, 3.8) is 0 Å². The Morgan fingerprint density at radius 1 is 0.848 bits per heavy atom. The van der Waals surface area contributed by atoms with Gasteiger partial charge in [-0.25, -0.2) is 18.4 Å². The fraction of sp³-hybridized carbons (Fsp3) is 0.231. The van der Waals surface area contributed by atoms with Crippen molar-refractivity contribution in [2.24, 2.45) is 15.7 Å². The second-order valence-electron chi connectivity index (χ2n) is 8.39. The SMILES string of the molecule is COc1c(C)cc(C2(c3cccc(-c4cccc(S(C)(=O)=O)c4)c3)N=C(C)C(N)=N2)cc1C. The van der Waals surface area contributed by atoms with E-state index in [0.29, 0.717) is 11.5 Å². The lowest BCUT2D eigenvalue weighted by Gasteiger charge is -2.26. The first-order chi connectivity index (χ1) is 15.5. The molecule has 1 unspecified atom stereocenters. The summed E-state index contributed by atoms with van der Waals surface area (Å²) in [5.41, 5.74) is 11.2. The van der Waals surface area contributed by atoms with Gasteiger partial charge in [0.25, 0.3) is 0 Å². The molecule has 4 rings (SSSR count). The van der Waals surface area contributed by atoms with E-state index in [1.54, 1.807) is 25.3 Å². The number of nitrogens with zero attached hydrogens (tertiary/aromatic N) is 2. The van der Waals surface area contributed by atoms with Gasteiger partial charge in [0, 0.05) is 17.4 Å². The minimum Gasteiger partial charge on any atom is -0.496 e. The van der Waals surface area contributed by atoms with Crippen LogP contribution in [-0.4, -0.2) is 33.3 Å². The molecule has 6 nitrogen and oxygen atoms in total. The highest BCUT2D eigenvalue weighted by molar-refractivity contribution is 7.90. The van der Waals surface area contributed by atoms with Crippen molar-refractivity contribution in [3.8, 4) is 16.9 Å². The summed E-state index contributed by atoms with van der Waals surface area (Å²) >= 11 is 0. The van der Waals surface area contributed by atoms with E-state index in [-0.39, 0.29) is 4.90 Å². The van der Waals surface area contributed by atoms with E-state index in [1.807, 2.05) is 63.2 Å². The quantitative estimate of drug-likeness (QED) is 0.609. The van der Waals surface area contributed by atoms with Gasteiger partial charge in [0.05, 0.1) is 17.7 Å². The van der Waals surface area contributed by atoms with Crippen LogP contribution in [0.3, 0.4) is 0 Å². The van der Waals surface area contributed by atoms with Crippen molar-refractivity contribution in [1.82, 2.24) is 0 Å². The molecule has 0 radical (unpaired) electrons. The van der Waals surface area contributed by atoms with Gasteiger partial charge in [-0.1, -0.05) is 30.3 Å². The number of ether oxygens (including phenoxy) is 1. The van der Waals surface area contributed by atoms with E-state index in [1.165, 1.54) is 6.26 Å². The predicted octanol–water partition coefficient (Wildman–Crippen LogP) is 4.42. The van der Waals surface area contributed by atoms with Crippen LogP contribution in [0.5, 0.6) is 5.75 Å². The highest BCUT2D eigenvalue weighted by Crippen LogP contribution is 2.42. The number of sulfone groups is 1. The van der Waals surface area contributed by atoms with Crippen molar-refractivity contribution in [1.29, 1.82) is 0 Å². The van der Waals surface area contributed by atoms with E-state index >= 15 is 0 Å². The van der Waals surface area contributed by atoms with Crippen molar-refractivity contribution < 1.29 is 13.2 Å². The second-order valence-corrected chi connectivity index (χ2v) is 10.4. The molecule has 1 heterocycles. The van der Waals surface area contributed by atoms with Crippen LogP contribution >= 0.6 is 0 Å². The molecule has 1 aliphatic heterocycles. The molecule has 1 atom stereocenters. The lowest BCUT2D eigenvalue weighted by molar-refractivity contribution is 0.408. The number of rotatable bonds is 5. The minimum absolute atomic E-state index is 0.276. The molecule has 33 heavy (non-hydrogen) atoms. The summed E-state index contributed by atoms with van der Waals surface area (Å²) in [5, 5.41) is 0. The predicted molar refractivity (Wildman–Crippen MR) is 133 cm³/mol. The smallest absolute Gasteiger partial charge is 0.204 e. The van der Waals surface area contributed by atoms with Crippen LogP contribution in [0.4, 0.5) is 0 Å². The molecule has 0 bridgehead atoms. The van der Waals surface area contributed by atoms with Crippen molar-refractivity contribution in [3.05, 3.63) is 82.9 Å². The number of amidine groups is 1. The maximum absolute atomic E-state index is 12.1. The van der Waals surface area contributed by atoms with Crippen LogP contribution in [0.15, 0.2) is 75.5 Å². The summed E-state index contributed by atoms with van der Waals surface area (Å²) < 4.78 is 29.7. The molecular formula is C26H27N3O3S. The summed E-state index contributed by atoms with van der Waals surface area (Å²) in [7, 11) is -1.66. The van der Waals surface area contributed by atoms with Gasteiger partial charge in [-0.3, -0.25) is 0 Å². The van der Waals surface area contributed by atoms with Gasteiger partial charge >= 0.3 is 0 Å². The van der Waals surface area contributed by atoms with Crippen LogP contribution in [-0.2, 0) is 15.5 Å². The molecule has 0 spiro atoms. The van der Waals surface area contributed by atoms with Crippen LogP contribution in [0, 0.1) is 13.8 Å². The number of hydrogen-bond acceptors (Lipinski definition) is 6. The lowest BCUT2D eigenvalue weighted by Crippen LogP contribution is -2.23. The Labute approximate surface area is 194 Å². The standard InChI is InChI=1S/C26H27N3O3S/c1-16-12-22(13-17(2)24(16)32-4)26(28-18(3)25(27)29-26)21-10-6-8-19(14-21)20-9-7-11-23(15-20)33(5,30)31/h6-15H,1-5H3,(H2,27,29). The number of methoxy groups -OCH3 is 1. The van der Waals surface area contributed by atoms with Gasteiger partial charge in [-0.05, 0) is 73.4 Å². The summed E-state index contributed by atoms with van der Waals surface area (Å²) in [6, 6.07) is 18.8. The summed E-state index contributed by atoms with van der Waals surface area (Å²) in [6.45, 7) is 5.84. The average Bonchev–Trinajstić information content (AvgIpc) is 3.08. The highest BCUT2D eigenvalue weighted by Gasteiger charge is 2.39. The molecule has 0 fully saturated rings. The first-order valence-electron chi connectivity index (χ1n) is 10.5. The van der Waals surface area contributed by atoms with Gasteiger partial charge in [0.15, 0.2) is 9.84 Å². The zero-order valence-electron chi connectivity index (χ0n) is 19.4. The fourth-order valence-corrected chi connectivity index (χ4v) is 4.97. The third-order valence-electron chi connectivity index (χ3n) is 5.91.